The van der Waals surface area contributed by atoms with E-state index in [0.29, 0.717) is 23.2 Å². The first kappa shape index (κ1) is 15.4. The number of aromatic nitrogens is 2. The van der Waals surface area contributed by atoms with Crippen molar-refractivity contribution in [2.24, 2.45) is 0 Å². The maximum absolute atomic E-state index is 11.7. The molecule has 0 spiro atoms. The number of anilines is 1. The van der Waals surface area contributed by atoms with Gasteiger partial charge in [0.15, 0.2) is 0 Å². The summed E-state index contributed by atoms with van der Waals surface area (Å²) in [5.74, 6) is -0.378. The number of rotatable bonds is 8. The number of nitrogens with one attached hydrogen (secondary N) is 3. The fraction of sp³-hybridized carbons (Fsp3) is 0.636. The lowest BCUT2D eigenvalue weighted by Gasteiger charge is -2.02. The van der Waals surface area contributed by atoms with Crippen LogP contribution in [0.15, 0.2) is 0 Å². The molecule has 0 aliphatic rings. The molecule has 3 N–H and O–H groups in total. The Morgan fingerprint density at radius 3 is 2.63 bits per heavy atom. The van der Waals surface area contributed by atoms with Gasteiger partial charge in [-0.3, -0.25) is 9.59 Å². The normalized spacial score (nSPS) is 10.0. The molecule has 1 aromatic heterocycles. The van der Waals surface area contributed by atoms with Crippen LogP contribution in [0.2, 0.25) is 0 Å². The summed E-state index contributed by atoms with van der Waals surface area (Å²) in [5.41, 5.74) is 0. The molecular formula is C11H19N5O2S. The van der Waals surface area contributed by atoms with Crippen LogP contribution in [-0.4, -0.2) is 41.6 Å². The summed E-state index contributed by atoms with van der Waals surface area (Å²) in [7, 11) is 0. The van der Waals surface area contributed by atoms with Gasteiger partial charge in [0.1, 0.15) is 0 Å². The van der Waals surface area contributed by atoms with Crippen LogP contribution in [0.4, 0.5) is 5.13 Å². The van der Waals surface area contributed by atoms with Crippen LogP contribution in [0.5, 0.6) is 0 Å². The highest BCUT2D eigenvalue weighted by Crippen LogP contribution is 2.14. The number of carbonyl (C=O) groups is 2. The highest BCUT2D eigenvalue weighted by molar-refractivity contribution is 7.17. The minimum absolute atomic E-state index is 0.0784. The first-order valence-electron chi connectivity index (χ1n) is 6.29. The Morgan fingerprint density at radius 1 is 1.16 bits per heavy atom. The van der Waals surface area contributed by atoms with E-state index in [1.807, 2.05) is 13.8 Å². The summed E-state index contributed by atoms with van der Waals surface area (Å²) in [6, 6.07) is 0. The fourth-order valence-electron chi connectivity index (χ4n) is 1.27. The predicted molar refractivity (Wildman–Crippen MR) is 74.3 cm³/mol. The lowest BCUT2D eigenvalue weighted by Crippen LogP contribution is -2.30. The van der Waals surface area contributed by atoms with Crippen LogP contribution in [0, 0.1) is 0 Å². The van der Waals surface area contributed by atoms with E-state index in [0.717, 1.165) is 13.0 Å². The topological polar surface area (TPSA) is 96.0 Å². The number of carbonyl (C=O) groups excluding carboxylic acids is 2. The Labute approximate surface area is 116 Å². The smallest absolute Gasteiger partial charge is 0.282 e. The Balaban J connectivity index is 2.33. The molecule has 106 valence electrons. The van der Waals surface area contributed by atoms with Gasteiger partial charge in [-0.1, -0.05) is 18.3 Å². The van der Waals surface area contributed by atoms with Gasteiger partial charge in [0, 0.05) is 26.1 Å². The Bertz CT molecular complexity index is 421. The molecule has 0 bridgehead atoms. The van der Waals surface area contributed by atoms with Crippen molar-refractivity contribution < 1.29 is 9.59 Å². The van der Waals surface area contributed by atoms with Gasteiger partial charge in [-0.25, -0.2) is 0 Å². The summed E-state index contributed by atoms with van der Waals surface area (Å²) in [5, 5.41) is 17.0. The van der Waals surface area contributed by atoms with Crippen molar-refractivity contribution in [2.45, 2.75) is 26.7 Å². The summed E-state index contributed by atoms with van der Waals surface area (Å²) < 4.78 is 0. The monoisotopic (exact) mass is 285 g/mol. The van der Waals surface area contributed by atoms with Gasteiger partial charge in [0.2, 0.25) is 16.0 Å². The maximum Gasteiger partial charge on any atom is 0.282 e. The largest absolute Gasteiger partial charge is 0.360 e. The van der Waals surface area contributed by atoms with Gasteiger partial charge in [0.05, 0.1) is 0 Å². The zero-order valence-corrected chi connectivity index (χ0v) is 12.0. The fourth-order valence-corrected chi connectivity index (χ4v) is 1.95. The second-order valence-corrected chi connectivity index (χ2v) is 4.78. The molecule has 1 heterocycles. The zero-order valence-electron chi connectivity index (χ0n) is 11.2. The summed E-state index contributed by atoms with van der Waals surface area (Å²) in [4.78, 5) is 22.9. The number of amides is 2. The van der Waals surface area contributed by atoms with E-state index in [-0.39, 0.29) is 18.2 Å². The van der Waals surface area contributed by atoms with E-state index in [4.69, 9.17) is 0 Å². The lowest BCUT2D eigenvalue weighted by atomic mass is 10.4. The van der Waals surface area contributed by atoms with Crippen LogP contribution in [0.3, 0.4) is 0 Å². The minimum Gasteiger partial charge on any atom is -0.360 e. The van der Waals surface area contributed by atoms with E-state index in [1.165, 1.54) is 11.3 Å². The molecular weight excluding hydrogens is 266 g/mol. The second kappa shape index (κ2) is 8.41. The summed E-state index contributed by atoms with van der Waals surface area (Å²) >= 11 is 1.20. The van der Waals surface area contributed by atoms with Gasteiger partial charge in [0.25, 0.3) is 5.91 Å². The molecule has 0 saturated carbocycles. The third kappa shape index (κ3) is 5.64. The van der Waals surface area contributed by atoms with Gasteiger partial charge >= 0.3 is 0 Å². The molecule has 8 heteroatoms. The average molecular weight is 285 g/mol. The number of hydrogen-bond acceptors (Lipinski definition) is 6. The molecule has 19 heavy (non-hydrogen) atoms. The highest BCUT2D eigenvalue weighted by atomic mass is 32.1. The van der Waals surface area contributed by atoms with Crippen molar-refractivity contribution in [3.8, 4) is 0 Å². The summed E-state index contributed by atoms with van der Waals surface area (Å²) in [6.45, 7) is 5.58. The van der Waals surface area contributed by atoms with Crippen molar-refractivity contribution in [3.63, 3.8) is 0 Å². The average Bonchev–Trinajstić information content (AvgIpc) is 2.85. The molecule has 0 unspecified atom stereocenters. The molecule has 0 aromatic carbocycles. The van der Waals surface area contributed by atoms with E-state index in [9.17, 15) is 9.59 Å². The van der Waals surface area contributed by atoms with Crippen LogP contribution < -0.4 is 16.0 Å². The van der Waals surface area contributed by atoms with E-state index < -0.39 is 0 Å². The third-order valence-corrected chi connectivity index (χ3v) is 3.04. The van der Waals surface area contributed by atoms with Gasteiger partial charge < -0.3 is 16.0 Å². The number of nitrogens with zero attached hydrogens (tertiary/aromatic N) is 2. The molecule has 1 aromatic rings. The molecule has 1 rings (SSSR count). The molecule has 0 fully saturated rings. The van der Waals surface area contributed by atoms with Gasteiger partial charge in [-0.05, 0) is 13.3 Å². The first-order chi connectivity index (χ1) is 9.17. The Hall–Kier alpha value is -1.70. The second-order valence-electron chi connectivity index (χ2n) is 3.80. The SMILES string of the molecule is CCCNc1nnc(C(=O)NCCC(=O)NCC)s1. The van der Waals surface area contributed by atoms with Gasteiger partial charge in [-0.2, -0.15) is 0 Å². The maximum atomic E-state index is 11.7. The first-order valence-corrected chi connectivity index (χ1v) is 7.11. The quantitative estimate of drug-likeness (QED) is 0.650. The van der Waals surface area contributed by atoms with E-state index in [2.05, 4.69) is 26.1 Å². The molecule has 0 radical (unpaired) electrons. The number of hydrogen-bond donors (Lipinski definition) is 3. The van der Waals surface area contributed by atoms with Crippen LogP contribution >= 0.6 is 11.3 Å². The standard InChI is InChI=1S/C11H19N5O2S/c1-3-6-14-11-16-15-10(19-11)9(18)13-7-5-8(17)12-4-2/h3-7H2,1-2H3,(H,12,17)(H,13,18)(H,14,16). The Morgan fingerprint density at radius 2 is 1.95 bits per heavy atom. The minimum atomic E-state index is -0.300. The third-order valence-electron chi connectivity index (χ3n) is 2.16. The van der Waals surface area contributed by atoms with E-state index in [1.54, 1.807) is 0 Å². The van der Waals surface area contributed by atoms with Crippen molar-refractivity contribution in [3.05, 3.63) is 5.01 Å². The molecule has 0 saturated heterocycles. The molecule has 7 nitrogen and oxygen atoms in total. The molecule has 0 aliphatic carbocycles. The lowest BCUT2D eigenvalue weighted by molar-refractivity contribution is -0.120. The predicted octanol–water partition coefficient (Wildman–Crippen LogP) is 0.616. The molecule has 0 atom stereocenters. The van der Waals surface area contributed by atoms with Crippen LogP contribution in [0.25, 0.3) is 0 Å². The van der Waals surface area contributed by atoms with Crippen molar-refractivity contribution in [1.29, 1.82) is 0 Å². The van der Waals surface area contributed by atoms with Crippen LogP contribution in [-0.2, 0) is 4.79 Å². The van der Waals surface area contributed by atoms with Crippen molar-refractivity contribution >= 4 is 28.3 Å². The van der Waals surface area contributed by atoms with Crippen molar-refractivity contribution in [1.82, 2.24) is 20.8 Å². The summed E-state index contributed by atoms with van der Waals surface area (Å²) in [6.07, 6.45) is 1.24. The van der Waals surface area contributed by atoms with Gasteiger partial charge in [-0.15, -0.1) is 10.2 Å². The van der Waals surface area contributed by atoms with E-state index >= 15 is 0 Å². The Kier molecular flexibility index (Phi) is 6.80. The molecule has 0 aliphatic heterocycles. The zero-order chi connectivity index (χ0) is 14.1. The molecule has 2 amide bonds. The van der Waals surface area contributed by atoms with Crippen LogP contribution in [0.1, 0.15) is 36.5 Å². The highest BCUT2D eigenvalue weighted by Gasteiger charge is 2.12. The van der Waals surface area contributed by atoms with Crippen molar-refractivity contribution in [2.75, 3.05) is 25.0 Å².